The lowest BCUT2D eigenvalue weighted by Gasteiger charge is -2.44. The number of likely N-dealkylation sites (tertiary alicyclic amines) is 1. The number of phenols is 1. The van der Waals surface area contributed by atoms with E-state index in [4.69, 9.17) is 4.74 Å². The van der Waals surface area contributed by atoms with Gasteiger partial charge in [0.25, 0.3) is 0 Å². The molecule has 3 nitrogen and oxygen atoms in total. The summed E-state index contributed by atoms with van der Waals surface area (Å²) in [4.78, 5) is 2.63. The van der Waals surface area contributed by atoms with Gasteiger partial charge in [-0.3, -0.25) is 4.90 Å². The Hall–Kier alpha value is -2.00. The number of hydrogen-bond acceptors (Lipinski definition) is 3. The van der Waals surface area contributed by atoms with E-state index < -0.39 is 0 Å². The van der Waals surface area contributed by atoms with Crippen LogP contribution in [0.3, 0.4) is 0 Å². The van der Waals surface area contributed by atoms with Crippen molar-refractivity contribution in [2.75, 3.05) is 20.2 Å². The van der Waals surface area contributed by atoms with Gasteiger partial charge in [0.2, 0.25) is 0 Å². The number of nitrogens with zero attached hydrogens (tertiary/aromatic N) is 1. The third-order valence-corrected chi connectivity index (χ3v) is 6.29. The van der Waals surface area contributed by atoms with E-state index in [1.807, 2.05) is 6.07 Å². The highest BCUT2D eigenvalue weighted by atomic mass is 16.5. The monoisotopic (exact) mass is 337 g/mol. The van der Waals surface area contributed by atoms with Crippen LogP contribution in [0.15, 0.2) is 42.5 Å². The highest BCUT2D eigenvalue weighted by molar-refractivity contribution is 5.53. The van der Waals surface area contributed by atoms with Gasteiger partial charge >= 0.3 is 0 Å². The molecule has 1 fully saturated rings. The van der Waals surface area contributed by atoms with Crippen molar-refractivity contribution in [2.45, 2.75) is 44.1 Å². The quantitative estimate of drug-likeness (QED) is 0.898. The summed E-state index contributed by atoms with van der Waals surface area (Å²) >= 11 is 0. The van der Waals surface area contributed by atoms with Gasteiger partial charge in [-0.2, -0.15) is 0 Å². The van der Waals surface area contributed by atoms with E-state index in [1.54, 1.807) is 7.11 Å². The fourth-order valence-electron chi connectivity index (χ4n) is 4.82. The molecule has 0 amide bonds. The largest absolute Gasteiger partial charge is 0.504 e. The number of phenolic OH excluding ortho intramolecular Hbond substituents is 1. The molecule has 2 atom stereocenters. The molecule has 25 heavy (non-hydrogen) atoms. The van der Waals surface area contributed by atoms with Crippen LogP contribution in [0.4, 0.5) is 0 Å². The van der Waals surface area contributed by atoms with Crippen molar-refractivity contribution in [3.63, 3.8) is 0 Å². The summed E-state index contributed by atoms with van der Waals surface area (Å²) in [5.74, 6) is 1.53. The molecule has 1 saturated heterocycles. The molecule has 2 aromatic carbocycles. The topological polar surface area (TPSA) is 32.7 Å². The Kier molecular flexibility index (Phi) is 4.20. The van der Waals surface area contributed by atoms with E-state index in [-0.39, 0.29) is 5.54 Å². The first-order valence-electron chi connectivity index (χ1n) is 9.33. The van der Waals surface area contributed by atoms with E-state index in [1.165, 1.54) is 17.5 Å². The van der Waals surface area contributed by atoms with E-state index >= 15 is 0 Å². The second-order valence-electron chi connectivity index (χ2n) is 7.61. The van der Waals surface area contributed by atoms with Crippen LogP contribution in [-0.2, 0) is 12.0 Å². The Morgan fingerprint density at radius 3 is 2.72 bits per heavy atom. The second-order valence-corrected chi connectivity index (χ2v) is 7.61. The molecule has 2 aromatic rings. The van der Waals surface area contributed by atoms with E-state index in [0.717, 1.165) is 37.9 Å². The number of methoxy groups -OCH3 is 1. The zero-order chi connectivity index (χ0) is 17.4. The lowest BCUT2D eigenvalue weighted by Crippen LogP contribution is -2.44. The van der Waals surface area contributed by atoms with Gasteiger partial charge in [0.05, 0.1) is 7.11 Å². The van der Waals surface area contributed by atoms with Gasteiger partial charge in [0, 0.05) is 17.6 Å². The minimum absolute atomic E-state index is 0.000858. The minimum Gasteiger partial charge on any atom is -0.504 e. The summed E-state index contributed by atoms with van der Waals surface area (Å²) in [6, 6.07) is 15.0. The Morgan fingerprint density at radius 1 is 1.16 bits per heavy atom. The maximum absolute atomic E-state index is 10.6. The van der Waals surface area contributed by atoms with E-state index in [0.29, 0.717) is 17.4 Å². The Bertz CT molecular complexity index is 758. The van der Waals surface area contributed by atoms with Crippen molar-refractivity contribution < 1.29 is 9.84 Å². The van der Waals surface area contributed by atoms with Crippen LogP contribution in [-0.4, -0.2) is 30.2 Å². The molecule has 1 aliphatic carbocycles. The highest BCUT2D eigenvalue weighted by Gasteiger charge is 2.42. The Labute approximate surface area is 150 Å². The third kappa shape index (κ3) is 2.71. The van der Waals surface area contributed by atoms with Crippen LogP contribution in [0.5, 0.6) is 11.5 Å². The van der Waals surface area contributed by atoms with Gasteiger partial charge < -0.3 is 9.84 Å². The van der Waals surface area contributed by atoms with Crippen molar-refractivity contribution in [1.82, 2.24) is 4.90 Å². The van der Waals surface area contributed by atoms with Crippen molar-refractivity contribution in [3.8, 4) is 11.5 Å². The van der Waals surface area contributed by atoms with Crippen molar-refractivity contribution >= 4 is 0 Å². The molecule has 3 heteroatoms. The maximum atomic E-state index is 10.6. The Balaban J connectivity index is 1.65. The molecule has 1 heterocycles. The molecule has 4 rings (SSSR count). The van der Waals surface area contributed by atoms with Crippen LogP contribution < -0.4 is 4.74 Å². The molecule has 0 aromatic heterocycles. The first-order chi connectivity index (χ1) is 12.1. The predicted octanol–water partition coefficient (Wildman–Crippen LogP) is 4.44. The summed E-state index contributed by atoms with van der Waals surface area (Å²) < 4.78 is 5.32. The van der Waals surface area contributed by atoms with Gasteiger partial charge in [-0.25, -0.2) is 0 Å². The van der Waals surface area contributed by atoms with Crippen molar-refractivity contribution in [2.24, 2.45) is 0 Å². The average molecular weight is 337 g/mol. The van der Waals surface area contributed by atoms with Crippen LogP contribution in [0.25, 0.3) is 0 Å². The first kappa shape index (κ1) is 16.5. The number of rotatable bonds is 3. The smallest absolute Gasteiger partial charge is 0.161 e. The molecule has 0 saturated carbocycles. The number of fused-ring (bicyclic) bond motifs is 1. The summed E-state index contributed by atoms with van der Waals surface area (Å²) in [7, 11) is 1.62. The van der Waals surface area contributed by atoms with Gasteiger partial charge in [0.15, 0.2) is 11.5 Å². The highest BCUT2D eigenvalue weighted by Crippen LogP contribution is 2.47. The molecule has 0 radical (unpaired) electrons. The molecule has 1 aliphatic heterocycles. The van der Waals surface area contributed by atoms with E-state index in [2.05, 4.69) is 48.2 Å². The van der Waals surface area contributed by atoms with Crippen molar-refractivity contribution in [3.05, 3.63) is 59.2 Å². The number of aromatic hydroxyl groups is 1. The van der Waals surface area contributed by atoms with Crippen LogP contribution in [0.2, 0.25) is 0 Å². The Morgan fingerprint density at radius 2 is 1.96 bits per heavy atom. The molecule has 0 spiro atoms. The summed E-state index contributed by atoms with van der Waals surface area (Å²) in [5.41, 5.74) is 3.81. The molecular weight excluding hydrogens is 310 g/mol. The number of benzene rings is 2. The van der Waals surface area contributed by atoms with Crippen LogP contribution in [0.1, 0.15) is 48.8 Å². The zero-order valence-corrected chi connectivity index (χ0v) is 15.2. The zero-order valence-electron chi connectivity index (χ0n) is 15.2. The minimum atomic E-state index is 0.000858. The molecule has 0 bridgehead atoms. The first-order valence-corrected chi connectivity index (χ1v) is 9.33. The predicted molar refractivity (Wildman–Crippen MR) is 100 cm³/mol. The lowest BCUT2D eigenvalue weighted by molar-refractivity contribution is 0.110. The molecular formula is C22H27NO2. The lowest BCUT2D eigenvalue weighted by atomic mass is 9.76. The fraction of sp³-hybridized carbons (Fsp3) is 0.455. The van der Waals surface area contributed by atoms with Gasteiger partial charge in [0.1, 0.15) is 0 Å². The van der Waals surface area contributed by atoms with Gasteiger partial charge in [-0.05, 0) is 62.3 Å². The maximum Gasteiger partial charge on any atom is 0.161 e. The van der Waals surface area contributed by atoms with Gasteiger partial charge in [-0.1, -0.05) is 36.4 Å². The van der Waals surface area contributed by atoms with Crippen molar-refractivity contribution in [1.29, 1.82) is 0 Å². The summed E-state index contributed by atoms with van der Waals surface area (Å²) in [5, 5.41) is 10.6. The fourth-order valence-corrected chi connectivity index (χ4v) is 4.82. The molecule has 2 unspecified atom stereocenters. The number of ether oxygens (including phenoxy) is 1. The second kappa shape index (κ2) is 6.38. The number of hydrogen-bond donors (Lipinski definition) is 1. The third-order valence-electron chi connectivity index (χ3n) is 6.29. The van der Waals surface area contributed by atoms with Crippen LogP contribution in [0, 0.1) is 0 Å². The molecule has 1 N–H and O–H groups in total. The van der Waals surface area contributed by atoms with E-state index in [9.17, 15) is 5.11 Å². The normalized spacial score (nSPS) is 26.4. The molecule has 132 valence electrons. The molecule has 2 aliphatic rings. The van der Waals surface area contributed by atoms with Crippen LogP contribution >= 0.6 is 0 Å². The summed E-state index contributed by atoms with van der Waals surface area (Å²) in [6.07, 6.45) is 4.39. The van der Waals surface area contributed by atoms with Gasteiger partial charge in [-0.15, -0.1) is 0 Å². The SMILES string of the molecule is COc1ccc2c(c1O)CCCC2(C)N1CCC(c2ccccc2)C1. The standard InChI is InChI=1S/C22H27NO2/c1-22(23-14-12-17(15-23)16-7-4-3-5-8-16)13-6-9-18-19(22)10-11-20(25-2)21(18)24/h3-5,7-8,10-11,17,24H,6,9,12-15H2,1-2H3. The summed E-state index contributed by atoms with van der Waals surface area (Å²) in [6.45, 7) is 4.55. The average Bonchev–Trinajstić information content (AvgIpc) is 3.14.